The van der Waals surface area contributed by atoms with Gasteiger partial charge in [-0.2, -0.15) is 0 Å². The summed E-state index contributed by atoms with van der Waals surface area (Å²) in [6, 6.07) is 9.34. The molecule has 2 aliphatic rings. The Morgan fingerprint density at radius 3 is 1.86 bits per heavy atom. The molecule has 0 N–H and O–H groups in total. The molecule has 0 heterocycles. The lowest BCUT2D eigenvalue weighted by molar-refractivity contribution is 0.440. The van der Waals surface area contributed by atoms with Crippen LogP contribution in [-0.2, 0) is 0 Å². The van der Waals surface area contributed by atoms with Crippen molar-refractivity contribution >= 4 is 11.6 Å². The van der Waals surface area contributed by atoms with Crippen LogP contribution in [0.4, 0.5) is 0 Å². The third kappa shape index (κ3) is 4.03. The van der Waals surface area contributed by atoms with Gasteiger partial charge in [0.2, 0.25) is 0 Å². The van der Waals surface area contributed by atoms with Crippen LogP contribution in [0, 0.1) is 5.92 Å². The summed E-state index contributed by atoms with van der Waals surface area (Å²) in [7, 11) is 0. The van der Waals surface area contributed by atoms with E-state index in [0.717, 1.165) is 5.92 Å². The number of rotatable bonds is 3. The topological polar surface area (TPSA) is 0 Å². The molecular weight excluding hydrogens is 276 g/mol. The fourth-order valence-electron chi connectivity index (χ4n) is 4.26. The number of alkyl halides is 1. The molecule has 0 nitrogen and oxygen atoms in total. The summed E-state index contributed by atoms with van der Waals surface area (Å²) in [5.74, 6) is 1.49. The molecule has 1 unspecified atom stereocenters. The van der Waals surface area contributed by atoms with Crippen molar-refractivity contribution in [3.05, 3.63) is 35.4 Å². The van der Waals surface area contributed by atoms with E-state index in [1.54, 1.807) is 5.56 Å². The number of hydrogen-bond acceptors (Lipinski definition) is 0. The third-order valence-electron chi connectivity index (χ3n) is 5.65. The zero-order valence-electron chi connectivity index (χ0n) is 13.2. The first kappa shape index (κ1) is 15.4. The van der Waals surface area contributed by atoms with E-state index in [-0.39, 0.29) is 5.38 Å². The quantitative estimate of drug-likeness (QED) is 0.417. The molecule has 0 radical (unpaired) electrons. The van der Waals surface area contributed by atoms with Gasteiger partial charge in [0, 0.05) is 0 Å². The minimum absolute atomic E-state index is 0.225. The summed E-state index contributed by atoms with van der Waals surface area (Å²) in [6.07, 6.45) is 15.2. The molecule has 0 aromatic heterocycles. The Morgan fingerprint density at radius 2 is 1.24 bits per heavy atom. The highest BCUT2D eigenvalue weighted by Gasteiger charge is 2.22. The van der Waals surface area contributed by atoms with Gasteiger partial charge in [-0.05, 0) is 48.6 Å². The molecule has 1 heteroatoms. The van der Waals surface area contributed by atoms with Gasteiger partial charge in [-0.3, -0.25) is 0 Å². The first-order valence-corrected chi connectivity index (χ1v) is 9.52. The van der Waals surface area contributed by atoms with Crippen LogP contribution < -0.4 is 0 Å². The molecule has 0 spiro atoms. The van der Waals surface area contributed by atoms with E-state index in [2.05, 4.69) is 24.3 Å². The van der Waals surface area contributed by atoms with Gasteiger partial charge in [-0.25, -0.2) is 0 Å². The van der Waals surface area contributed by atoms with E-state index < -0.39 is 0 Å². The molecule has 2 aliphatic carbocycles. The van der Waals surface area contributed by atoms with Gasteiger partial charge in [0.15, 0.2) is 0 Å². The predicted octanol–water partition coefficient (Wildman–Crippen LogP) is 6.98. The van der Waals surface area contributed by atoms with Crippen molar-refractivity contribution < 1.29 is 0 Å². The minimum atomic E-state index is 0.225. The first-order valence-electron chi connectivity index (χ1n) is 9.08. The molecular formula is C20H29Cl. The predicted molar refractivity (Wildman–Crippen MR) is 92.1 cm³/mol. The van der Waals surface area contributed by atoms with Crippen LogP contribution in [0.5, 0.6) is 0 Å². The van der Waals surface area contributed by atoms with Crippen molar-refractivity contribution in [3.8, 4) is 0 Å². The molecule has 116 valence electrons. The average molecular weight is 305 g/mol. The Hall–Kier alpha value is -0.490. The van der Waals surface area contributed by atoms with Crippen LogP contribution in [0.1, 0.15) is 93.1 Å². The molecule has 0 saturated heterocycles. The summed E-state index contributed by atoms with van der Waals surface area (Å²) in [5.41, 5.74) is 2.89. The van der Waals surface area contributed by atoms with E-state index in [1.165, 1.54) is 76.2 Å². The zero-order valence-corrected chi connectivity index (χ0v) is 14.0. The maximum absolute atomic E-state index is 6.80. The first-order chi connectivity index (χ1) is 10.3. The van der Waals surface area contributed by atoms with Gasteiger partial charge >= 0.3 is 0 Å². The molecule has 1 atom stereocenters. The molecule has 0 bridgehead atoms. The summed E-state index contributed by atoms with van der Waals surface area (Å²) in [4.78, 5) is 0. The van der Waals surface area contributed by atoms with Crippen LogP contribution in [0.25, 0.3) is 0 Å². The highest BCUT2D eigenvalue weighted by Crippen LogP contribution is 2.39. The second-order valence-corrected chi connectivity index (χ2v) is 7.63. The molecule has 3 rings (SSSR count). The minimum Gasteiger partial charge on any atom is -0.118 e. The maximum atomic E-state index is 6.80. The van der Waals surface area contributed by atoms with Crippen LogP contribution >= 0.6 is 11.6 Å². The summed E-state index contributed by atoms with van der Waals surface area (Å²) in [5, 5.41) is 0.225. The van der Waals surface area contributed by atoms with E-state index in [1.807, 2.05) is 0 Å². The number of hydrogen-bond donors (Lipinski definition) is 0. The molecule has 21 heavy (non-hydrogen) atoms. The lowest BCUT2D eigenvalue weighted by Gasteiger charge is -2.24. The van der Waals surface area contributed by atoms with Gasteiger partial charge < -0.3 is 0 Å². The number of benzene rings is 1. The van der Waals surface area contributed by atoms with Crippen molar-refractivity contribution in [3.63, 3.8) is 0 Å². The second kappa shape index (κ2) is 7.68. The van der Waals surface area contributed by atoms with Gasteiger partial charge in [0.1, 0.15) is 0 Å². The van der Waals surface area contributed by atoms with Gasteiger partial charge in [-0.15, -0.1) is 11.6 Å². The molecule has 2 saturated carbocycles. The molecule has 0 amide bonds. The van der Waals surface area contributed by atoms with E-state index in [0.29, 0.717) is 5.92 Å². The highest BCUT2D eigenvalue weighted by molar-refractivity contribution is 6.21. The Bertz CT molecular complexity index is 408. The fraction of sp³-hybridized carbons (Fsp3) is 0.700. The Morgan fingerprint density at radius 1 is 0.714 bits per heavy atom. The lowest BCUT2D eigenvalue weighted by atomic mass is 9.83. The SMILES string of the molecule is ClC(c1ccc(C2CCCCC2)cc1)C1CCCCCC1. The van der Waals surface area contributed by atoms with Crippen molar-refractivity contribution in [1.82, 2.24) is 0 Å². The van der Waals surface area contributed by atoms with Crippen molar-refractivity contribution in [2.75, 3.05) is 0 Å². The Kier molecular flexibility index (Phi) is 5.63. The summed E-state index contributed by atoms with van der Waals surface area (Å²) < 4.78 is 0. The summed E-state index contributed by atoms with van der Waals surface area (Å²) in [6.45, 7) is 0. The highest BCUT2D eigenvalue weighted by atomic mass is 35.5. The monoisotopic (exact) mass is 304 g/mol. The van der Waals surface area contributed by atoms with Gasteiger partial charge in [-0.1, -0.05) is 69.2 Å². The van der Waals surface area contributed by atoms with Crippen molar-refractivity contribution in [1.29, 1.82) is 0 Å². The normalized spacial score (nSPS) is 23.7. The van der Waals surface area contributed by atoms with E-state index >= 15 is 0 Å². The Balaban J connectivity index is 1.64. The summed E-state index contributed by atoms with van der Waals surface area (Å²) >= 11 is 6.80. The fourth-order valence-corrected chi connectivity index (χ4v) is 4.66. The van der Waals surface area contributed by atoms with Crippen molar-refractivity contribution in [2.45, 2.75) is 81.9 Å². The van der Waals surface area contributed by atoms with Crippen LogP contribution in [0.15, 0.2) is 24.3 Å². The maximum Gasteiger partial charge on any atom is 0.0613 e. The smallest absolute Gasteiger partial charge is 0.0613 e. The molecule has 1 aromatic rings. The largest absolute Gasteiger partial charge is 0.118 e. The average Bonchev–Trinajstić information content (AvgIpc) is 2.84. The molecule has 1 aromatic carbocycles. The lowest BCUT2D eigenvalue weighted by Crippen LogP contribution is -2.08. The molecule has 2 fully saturated rings. The van der Waals surface area contributed by atoms with Crippen LogP contribution in [0.2, 0.25) is 0 Å². The zero-order chi connectivity index (χ0) is 14.5. The Labute approximate surface area is 135 Å². The molecule has 0 aliphatic heterocycles. The number of halogens is 1. The third-order valence-corrected chi connectivity index (χ3v) is 6.25. The van der Waals surface area contributed by atoms with Gasteiger partial charge in [0.05, 0.1) is 5.38 Å². The van der Waals surface area contributed by atoms with Crippen molar-refractivity contribution in [2.24, 2.45) is 5.92 Å². The van der Waals surface area contributed by atoms with Crippen LogP contribution in [0.3, 0.4) is 0 Å². The second-order valence-electron chi connectivity index (χ2n) is 7.16. The standard InChI is InChI=1S/C20H29Cl/c21-20(18-10-4-1-2-5-11-18)19-14-12-17(13-15-19)16-8-6-3-7-9-16/h12-16,18,20H,1-11H2. The van der Waals surface area contributed by atoms with Gasteiger partial charge in [0.25, 0.3) is 0 Å². The van der Waals surface area contributed by atoms with Crippen LogP contribution in [-0.4, -0.2) is 0 Å². The van der Waals surface area contributed by atoms with E-state index in [4.69, 9.17) is 11.6 Å². The van der Waals surface area contributed by atoms with E-state index in [9.17, 15) is 0 Å².